The van der Waals surface area contributed by atoms with Crippen molar-refractivity contribution in [3.05, 3.63) is 28.2 Å². The van der Waals surface area contributed by atoms with Crippen LogP contribution in [0.1, 0.15) is 24.8 Å². The maximum Gasteiger partial charge on any atom is 0.136 e. The van der Waals surface area contributed by atoms with Gasteiger partial charge >= 0.3 is 0 Å². The van der Waals surface area contributed by atoms with E-state index in [2.05, 4.69) is 35.0 Å². The van der Waals surface area contributed by atoms with Crippen molar-refractivity contribution in [2.75, 3.05) is 6.61 Å². The molecule has 0 aliphatic carbocycles. The Balaban J connectivity index is 2.52. The normalized spacial score (nSPS) is 21.3. The summed E-state index contributed by atoms with van der Waals surface area (Å²) < 4.78 is 6.65. The molecule has 1 heterocycles. The molecule has 1 nitrogen and oxygen atoms in total. The van der Waals surface area contributed by atoms with Crippen LogP contribution < -0.4 is 4.74 Å². The van der Waals surface area contributed by atoms with Crippen LogP contribution in [0.4, 0.5) is 0 Å². The van der Waals surface area contributed by atoms with Gasteiger partial charge in [0, 0.05) is 0 Å². The van der Waals surface area contributed by atoms with E-state index in [1.165, 1.54) is 5.56 Å². The molecule has 0 fully saturated rings. The molecule has 1 unspecified atom stereocenters. The molecule has 0 radical (unpaired) electrons. The Hall–Kier alpha value is -0.500. The average Bonchev–Trinajstić information content (AvgIpc) is 2.07. The van der Waals surface area contributed by atoms with E-state index >= 15 is 0 Å². The fourth-order valence-corrected chi connectivity index (χ4v) is 2.06. The standard InChI is InChI=1S/C10H11BrO/c1-7-5-6-12-10-8(7)3-2-4-9(10)11/h2-4,7H,5-6H2,1H3. The minimum atomic E-state index is 0.631. The number of para-hydroxylation sites is 1. The third-order valence-electron chi connectivity index (χ3n) is 2.33. The molecule has 0 spiro atoms. The van der Waals surface area contributed by atoms with Gasteiger partial charge in [-0.3, -0.25) is 0 Å². The lowest BCUT2D eigenvalue weighted by Gasteiger charge is -2.23. The van der Waals surface area contributed by atoms with E-state index in [0.717, 1.165) is 23.2 Å². The minimum absolute atomic E-state index is 0.631. The van der Waals surface area contributed by atoms with Gasteiger partial charge in [-0.1, -0.05) is 19.1 Å². The molecule has 0 saturated carbocycles. The van der Waals surface area contributed by atoms with Gasteiger partial charge in [-0.25, -0.2) is 0 Å². The number of halogens is 1. The smallest absolute Gasteiger partial charge is 0.136 e. The third-order valence-corrected chi connectivity index (χ3v) is 2.95. The summed E-state index contributed by atoms with van der Waals surface area (Å²) in [6.45, 7) is 3.09. The van der Waals surface area contributed by atoms with Crippen LogP contribution in [0.5, 0.6) is 5.75 Å². The van der Waals surface area contributed by atoms with Crippen molar-refractivity contribution >= 4 is 15.9 Å². The van der Waals surface area contributed by atoms with Crippen LogP contribution in [-0.2, 0) is 0 Å². The third kappa shape index (κ3) is 1.24. The molecule has 2 rings (SSSR count). The van der Waals surface area contributed by atoms with E-state index in [-0.39, 0.29) is 0 Å². The minimum Gasteiger partial charge on any atom is -0.492 e. The van der Waals surface area contributed by atoms with Crippen LogP contribution in [0.3, 0.4) is 0 Å². The Labute approximate surface area is 80.9 Å². The van der Waals surface area contributed by atoms with Crippen molar-refractivity contribution in [1.82, 2.24) is 0 Å². The number of benzene rings is 1. The van der Waals surface area contributed by atoms with Crippen LogP contribution in [0.2, 0.25) is 0 Å². The molecule has 0 aromatic heterocycles. The second-order valence-corrected chi connectivity index (χ2v) is 4.05. The molecule has 1 aromatic carbocycles. The highest BCUT2D eigenvalue weighted by atomic mass is 79.9. The SMILES string of the molecule is CC1CCOc2c(Br)cccc21. The summed E-state index contributed by atoms with van der Waals surface area (Å²) in [5.41, 5.74) is 1.33. The summed E-state index contributed by atoms with van der Waals surface area (Å²) in [5.74, 6) is 1.67. The quantitative estimate of drug-likeness (QED) is 0.660. The summed E-state index contributed by atoms with van der Waals surface area (Å²) >= 11 is 3.48. The molecule has 0 bridgehead atoms. The zero-order chi connectivity index (χ0) is 8.55. The fourth-order valence-electron chi connectivity index (χ4n) is 1.56. The van der Waals surface area contributed by atoms with Crippen molar-refractivity contribution in [3.63, 3.8) is 0 Å². The van der Waals surface area contributed by atoms with Crippen LogP contribution in [0, 0.1) is 0 Å². The van der Waals surface area contributed by atoms with E-state index in [9.17, 15) is 0 Å². The molecule has 1 aliphatic heterocycles. The lowest BCUT2D eigenvalue weighted by molar-refractivity contribution is 0.270. The van der Waals surface area contributed by atoms with Crippen LogP contribution in [-0.4, -0.2) is 6.61 Å². The van der Waals surface area contributed by atoms with E-state index in [1.54, 1.807) is 0 Å². The lowest BCUT2D eigenvalue weighted by Crippen LogP contribution is -2.12. The highest BCUT2D eigenvalue weighted by molar-refractivity contribution is 9.10. The Morgan fingerprint density at radius 3 is 3.08 bits per heavy atom. The van der Waals surface area contributed by atoms with Gasteiger partial charge in [0.25, 0.3) is 0 Å². The maximum absolute atomic E-state index is 5.58. The molecule has 2 heteroatoms. The molecule has 1 atom stereocenters. The average molecular weight is 227 g/mol. The summed E-state index contributed by atoms with van der Waals surface area (Å²) in [4.78, 5) is 0. The molecular weight excluding hydrogens is 216 g/mol. The maximum atomic E-state index is 5.58. The Morgan fingerprint density at radius 2 is 2.33 bits per heavy atom. The highest BCUT2D eigenvalue weighted by Crippen LogP contribution is 2.38. The first kappa shape index (κ1) is 8.11. The molecular formula is C10H11BrO. The van der Waals surface area contributed by atoms with Gasteiger partial charge in [0.1, 0.15) is 5.75 Å². The summed E-state index contributed by atoms with van der Waals surface area (Å²) in [6.07, 6.45) is 1.13. The zero-order valence-electron chi connectivity index (χ0n) is 7.01. The molecule has 0 saturated heterocycles. The number of rotatable bonds is 0. The predicted octanol–water partition coefficient (Wildman–Crippen LogP) is 3.34. The largest absolute Gasteiger partial charge is 0.492 e. The van der Waals surface area contributed by atoms with Gasteiger partial charge in [0.05, 0.1) is 11.1 Å². The van der Waals surface area contributed by atoms with Gasteiger partial charge < -0.3 is 4.74 Å². The van der Waals surface area contributed by atoms with Crippen LogP contribution in [0.25, 0.3) is 0 Å². The van der Waals surface area contributed by atoms with Gasteiger partial charge in [-0.15, -0.1) is 0 Å². The van der Waals surface area contributed by atoms with E-state index in [1.807, 2.05) is 6.07 Å². The second-order valence-electron chi connectivity index (χ2n) is 3.20. The first-order valence-corrected chi connectivity index (χ1v) is 4.99. The monoisotopic (exact) mass is 226 g/mol. The number of hydrogen-bond acceptors (Lipinski definition) is 1. The molecule has 1 aromatic rings. The fraction of sp³-hybridized carbons (Fsp3) is 0.400. The van der Waals surface area contributed by atoms with Crippen LogP contribution >= 0.6 is 15.9 Å². The van der Waals surface area contributed by atoms with E-state index < -0.39 is 0 Å². The Morgan fingerprint density at radius 1 is 1.50 bits per heavy atom. The summed E-state index contributed by atoms with van der Waals surface area (Å²) in [6, 6.07) is 6.23. The summed E-state index contributed by atoms with van der Waals surface area (Å²) in [7, 11) is 0. The van der Waals surface area contributed by atoms with E-state index in [4.69, 9.17) is 4.74 Å². The molecule has 0 N–H and O–H groups in total. The molecule has 12 heavy (non-hydrogen) atoms. The van der Waals surface area contributed by atoms with Crippen LogP contribution in [0.15, 0.2) is 22.7 Å². The highest BCUT2D eigenvalue weighted by Gasteiger charge is 2.18. The van der Waals surface area contributed by atoms with Crippen molar-refractivity contribution < 1.29 is 4.74 Å². The molecule has 1 aliphatic rings. The van der Waals surface area contributed by atoms with Crippen molar-refractivity contribution in [3.8, 4) is 5.75 Å². The topological polar surface area (TPSA) is 9.23 Å². The van der Waals surface area contributed by atoms with Crippen molar-refractivity contribution in [2.24, 2.45) is 0 Å². The Bertz CT molecular complexity index is 296. The van der Waals surface area contributed by atoms with Gasteiger partial charge in [0.2, 0.25) is 0 Å². The first-order chi connectivity index (χ1) is 5.79. The van der Waals surface area contributed by atoms with Gasteiger partial charge in [0.15, 0.2) is 0 Å². The summed E-state index contributed by atoms with van der Waals surface area (Å²) in [5, 5.41) is 0. The Kier molecular flexibility index (Phi) is 2.09. The van der Waals surface area contributed by atoms with Crippen molar-refractivity contribution in [1.29, 1.82) is 0 Å². The zero-order valence-corrected chi connectivity index (χ0v) is 8.60. The number of ether oxygens (including phenoxy) is 1. The van der Waals surface area contributed by atoms with E-state index in [0.29, 0.717) is 5.92 Å². The number of hydrogen-bond donors (Lipinski definition) is 0. The molecule has 0 amide bonds. The van der Waals surface area contributed by atoms with Crippen molar-refractivity contribution in [2.45, 2.75) is 19.3 Å². The molecule has 64 valence electrons. The van der Waals surface area contributed by atoms with Gasteiger partial charge in [-0.2, -0.15) is 0 Å². The first-order valence-electron chi connectivity index (χ1n) is 4.20. The lowest BCUT2D eigenvalue weighted by atomic mass is 9.95. The second kappa shape index (κ2) is 3.09. The number of fused-ring (bicyclic) bond motifs is 1. The van der Waals surface area contributed by atoms with Gasteiger partial charge in [-0.05, 0) is 39.9 Å². The predicted molar refractivity (Wildman–Crippen MR) is 52.7 cm³/mol.